The van der Waals surface area contributed by atoms with E-state index in [-0.39, 0.29) is 36.3 Å². The molecule has 0 unspecified atom stereocenters. The molecule has 4 N–H and O–H groups in total. The molecule has 0 atom stereocenters. The number of anilines is 1. The molecule has 0 spiro atoms. The second-order valence-electron chi connectivity index (χ2n) is 9.12. The van der Waals surface area contributed by atoms with Crippen LogP contribution in [0.25, 0.3) is 28.1 Å². The summed E-state index contributed by atoms with van der Waals surface area (Å²) in [5.41, 5.74) is 10.2. The van der Waals surface area contributed by atoms with Crippen LogP contribution in [0.1, 0.15) is 26.4 Å². The minimum absolute atomic E-state index is 0.0318. The molecule has 39 heavy (non-hydrogen) atoms. The van der Waals surface area contributed by atoms with Crippen molar-refractivity contribution in [3.05, 3.63) is 83.6 Å². The second-order valence-corrected chi connectivity index (χ2v) is 9.12. The molecule has 6 rings (SSSR count). The minimum atomic E-state index is -0.373. The molecule has 0 radical (unpaired) electrons. The number of rotatable bonds is 7. The van der Waals surface area contributed by atoms with Crippen LogP contribution in [-0.2, 0) is 6.42 Å². The van der Waals surface area contributed by atoms with Gasteiger partial charge in [-0.2, -0.15) is 0 Å². The summed E-state index contributed by atoms with van der Waals surface area (Å²) in [4.78, 5) is 35.0. The number of nitrogens with one attached hydrogen (secondary N) is 1. The summed E-state index contributed by atoms with van der Waals surface area (Å²) in [6, 6.07) is 19.4. The highest BCUT2D eigenvalue weighted by Crippen LogP contribution is 2.43. The summed E-state index contributed by atoms with van der Waals surface area (Å²) < 4.78 is 12.6. The van der Waals surface area contributed by atoms with E-state index in [0.717, 1.165) is 11.0 Å². The Balaban J connectivity index is 1.47. The number of amides is 2. The van der Waals surface area contributed by atoms with Crippen LogP contribution >= 0.6 is 0 Å². The summed E-state index contributed by atoms with van der Waals surface area (Å²) in [6.07, 6.45) is 0.126. The largest absolute Gasteiger partial charge is 0.505 e. The molecule has 0 bridgehead atoms. The number of nitrogens with two attached hydrogens (primary N) is 1. The van der Waals surface area contributed by atoms with E-state index in [0.29, 0.717) is 45.4 Å². The molecule has 0 saturated heterocycles. The van der Waals surface area contributed by atoms with Gasteiger partial charge in [0.15, 0.2) is 0 Å². The van der Waals surface area contributed by atoms with Gasteiger partial charge in [-0.15, -0.1) is 0 Å². The van der Waals surface area contributed by atoms with E-state index in [1.54, 1.807) is 47.0 Å². The van der Waals surface area contributed by atoms with Gasteiger partial charge in [-0.25, -0.2) is 4.98 Å². The van der Waals surface area contributed by atoms with Crippen molar-refractivity contribution < 1.29 is 24.2 Å². The summed E-state index contributed by atoms with van der Waals surface area (Å²) in [7, 11) is 3.08. The highest BCUT2D eigenvalue weighted by Gasteiger charge is 2.35. The number of fused-ring (bicyclic) bond motifs is 2. The molecule has 1 aliphatic heterocycles. The first-order valence-electron chi connectivity index (χ1n) is 12.3. The fourth-order valence-corrected chi connectivity index (χ4v) is 5.04. The van der Waals surface area contributed by atoms with Gasteiger partial charge in [-0.05, 0) is 24.3 Å². The molecule has 5 aromatic rings. The lowest BCUT2D eigenvalue weighted by molar-refractivity contribution is 0.0655. The standard InChI is InChI=1S/C29H25N5O5/c1-38-17-13-16(14-18(15-17)39-2)34-23(11-12-33-28(36)19-7-3-4-8-20(19)29(33)37)25(35)24(26(34)30)27-31-21-9-5-6-10-22(21)32-27/h3-10,13-15,35H,11-12,30H2,1-2H3,(H,31,32). The SMILES string of the molecule is COc1cc(OC)cc(-n2c(N)c(-c3nc4ccccc4[nH]3)c(O)c2CCN2C(=O)c3ccccc3C2=O)c1. The van der Waals surface area contributed by atoms with Crippen LogP contribution in [0.4, 0.5) is 5.82 Å². The maximum absolute atomic E-state index is 13.0. The first-order valence-corrected chi connectivity index (χ1v) is 12.3. The fraction of sp³-hybridized carbons (Fsp3) is 0.138. The van der Waals surface area contributed by atoms with E-state index in [1.165, 1.54) is 19.1 Å². The Labute approximate surface area is 223 Å². The van der Waals surface area contributed by atoms with E-state index in [2.05, 4.69) is 9.97 Å². The van der Waals surface area contributed by atoms with Crippen LogP contribution in [0, 0.1) is 0 Å². The number of aromatic hydroxyl groups is 1. The zero-order valence-electron chi connectivity index (χ0n) is 21.3. The summed E-state index contributed by atoms with van der Waals surface area (Å²) in [5.74, 6) is 0.802. The molecule has 1 aliphatic rings. The molecule has 196 valence electrons. The Bertz CT molecular complexity index is 1680. The number of aromatic nitrogens is 3. The highest BCUT2D eigenvalue weighted by atomic mass is 16.5. The third-order valence-electron chi connectivity index (χ3n) is 6.95. The number of nitrogen functional groups attached to an aromatic ring is 1. The lowest BCUT2D eigenvalue weighted by Gasteiger charge is -2.17. The number of para-hydroxylation sites is 2. The normalized spacial score (nSPS) is 12.8. The number of hydrogen-bond acceptors (Lipinski definition) is 7. The number of ether oxygens (including phenoxy) is 2. The van der Waals surface area contributed by atoms with Gasteiger partial charge in [0.2, 0.25) is 0 Å². The Morgan fingerprint density at radius 2 is 1.54 bits per heavy atom. The summed E-state index contributed by atoms with van der Waals surface area (Å²) in [5, 5.41) is 11.6. The van der Waals surface area contributed by atoms with Gasteiger partial charge < -0.3 is 25.3 Å². The monoisotopic (exact) mass is 523 g/mol. The molecule has 3 heterocycles. The van der Waals surface area contributed by atoms with Crippen LogP contribution in [0.15, 0.2) is 66.7 Å². The molecule has 3 aromatic carbocycles. The van der Waals surface area contributed by atoms with Crippen LogP contribution < -0.4 is 15.2 Å². The number of nitrogens with zero attached hydrogens (tertiary/aromatic N) is 3. The fourth-order valence-electron chi connectivity index (χ4n) is 5.04. The van der Waals surface area contributed by atoms with E-state index in [1.807, 2.05) is 24.3 Å². The maximum atomic E-state index is 13.0. The van der Waals surface area contributed by atoms with Crippen molar-refractivity contribution in [2.75, 3.05) is 26.5 Å². The Hall–Kier alpha value is -5.25. The lowest BCUT2D eigenvalue weighted by Crippen LogP contribution is -2.32. The number of carbonyl (C=O) groups excluding carboxylic acids is 2. The van der Waals surface area contributed by atoms with E-state index in [9.17, 15) is 14.7 Å². The molecule has 0 saturated carbocycles. The number of hydrogen-bond donors (Lipinski definition) is 3. The van der Waals surface area contributed by atoms with Crippen molar-refractivity contribution in [3.63, 3.8) is 0 Å². The van der Waals surface area contributed by atoms with Crippen molar-refractivity contribution in [2.24, 2.45) is 0 Å². The number of imide groups is 1. The van der Waals surface area contributed by atoms with Crippen molar-refractivity contribution in [1.82, 2.24) is 19.4 Å². The topological polar surface area (TPSA) is 136 Å². The number of H-pyrrole nitrogens is 1. The van der Waals surface area contributed by atoms with Gasteiger partial charge in [0, 0.05) is 31.2 Å². The first-order chi connectivity index (χ1) is 18.9. The number of methoxy groups -OCH3 is 2. The quantitative estimate of drug-likeness (QED) is 0.273. The number of aromatic amines is 1. The number of benzene rings is 3. The zero-order valence-corrected chi connectivity index (χ0v) is 21.3. The molecule has 2 aromatic heterocycles. The van der Waals surface area contributed by atoms with Gasteiger partial charge in [-0.1, -0.05) is 24.3 Å². The van der Waals surface area contributed by atoms with Gasteiger partial charge in [0.1, 0.15) is 34.5 Å². The van der Waals surface area contributed by atoms with Crippen LogP contribution in [-0.4, -0.2) is 57.1 Å². The molecule has 10 nitrogen and oxygen atoms in total. The predicted octanol–water partition coefficient (Wildman–Crippen LogP) is 4.16. The van der Waals surface area contributed by atoms with Crippen LogP contribution in [0.3, 0.4) is 0 Å². The smallest absolute Gasteiger partial charge is 0.261 e. The number of carbonyl (C=O) groups is 2. The average molecular weight is 524 g/mol. The Morgan fingerprint density at radius 3 is 2.15 bits per heavy atom. The zero-order chi connectivity index (χ0) is 27.3. The second kappa shape index (κ2) is 9.25. The van der Waals surface area contributed by atoms with Gasteiger partial charge in [0.25, 0.3) is 11.8 Å². The third-order valence-corrected chi connectivity index (χ3v) is 6.95. The average Bonchev–Trinajstić information content (AvgIpc) is 3.57. The Kier molecular flexibility index (Phi) is 5.72. The molecular formula is C29H25N5O5. The van der Waals surface area contributed by atoms with Gasteiger partial charge >= 0.3 is 0 Å². The molecule has 10 heteroatoms. The molecular weight excluding hydrogens is 498 g/mol. The summed E-state index contributed by atoms with van der Waals surface area (Å²) in [6.45, 7) is 0.0318. The van der Waals surface area contributed by atoms with E-state index in [4.69, 9.17) is 15.2 Å². The van der Waals surface area contributed by atoms with Crippen molar-refractivity contribution >= 4 is 28.7 Å². The van der Waals surface area contributed by atoms with Crippen molar-refractivity contribution in [2.45, 2.75) is 6.42 Å². The maximum Gasteiger partial charge on any atom is 0.261 e. The number of imidazole rings is 1. The van der Waals surface area contributed by atoms with Crippen molar-refractivity contribution in [3.8, 4) is 34.3 Å². The van der Waals surface area contributed by atoms with Gasteiger partial charge in [-0.3, -0.25) is 19.1 Å². The highest BCUT2D eigenvalue weighted by molar-refractivity contribution is 6.21. The van der Waals surface area contributed by atoms with Crippen LogP contribution in [0.5, 0.6) is 17.2 Å². The van der Waals surface area contributed by atoms with E-state index >= 15 is 0 Å². The lowest BCUT2D eigenvalue weighted by atomic mass is 10.1. The van der Waals surface area contributed by atoms with Crippen LogP contribution in [0.2, 0.25) is 0 Å². The van der Waals surface area contributed by atoms with Gasteiger partial charge in [0.05, 0.1) is 47.8 Å². The minimum Gasteiger partial charge on any atom is -0.505 e. The summed E-state index contributed by atoms with van der Waals surface area (Å²) >= 11 is 0. The molecule has 2 amide bonds. The third kappa shape index (κ3) is 3.84. The predicted molar refractivity (Wildman–Crippen MR) is 146 cm³/mol. The van der Waals surface area contributed by atoms with Crippen molar-refractivity contribution in [1.29, 1.82) is 0 Å². The molecule has 0 fully saturated rings. The molecule has 0 aliphatic carbocycles. The Morgan fingerprint density at radius 1 is 0.923 bits per heavy atom. The first kappa shape index (κ1) is 24.1. The van der Waals surface area contributed by atoms with E-state index < -0.39 is 0 Å².